The quantitative estimate of drug-likeness (QED) is 0.844. The molecule has 0 aliphatic rings. The van der Waals surface area contributed by atoms with Crippen molar-refractivity contribution >= 4 is 33.1 Å². The van der Waals surface area contributed by atoms with E-state index < -0.39 is 0 Å². The van der Waals surface area contributed by atoms with Gasteiger partial charge in [-0.2, -0.15) is 5.10 Å². The van der Waals surface area contributed by atoms with Gasteiger partial charge in [0.25, 0.3) is 5.91 Å². The summed E-state index contributed by atoms with van der Waals surface area (Å²) in [6.45, 7) is 1.38. The van der Waals surface area contributed by atoms with Crippen molar-refractivity contribution in [2.24, 2.45) is 0 Å². The van der Waals surface area contributed by atoms with Crippen LogP contribution in [0.25, 0.3) is 10.2 Å². The molecular weight excluding hydrogens is 250 g/mol. The minimum absolute atomic E-state index is 0.155. The normalized spacial score (nSPS) is 11.1. The lowest BCUT2D eigenvalue weighted by Crippen LogP contribution is -2.31. The Kier molecular flexibility index (Phi) is 3.73. The third kappa shape index (κ3) is 2.57. The maximum atomic E-state index is 12.0. The number of hydrogen-bond donors (Lipinski definition) is 2. The van der Waals surface area contributed by atoms with Crippen LogP contribution in [-0.2, 0) is 0 Å². The van der Waals surface area contributed by atoms with Crippen LogP contribution in [0.5, 0.6) is 0 Å². The fraction of sp³-hybridized carbons (Fsp3) is 0.364. The largest absolute Gasteiger partial charge is 0.397 e. The van der Waals surface area contributed by atoms with Gasteiger partial charge in [-0.1, -0.05) is 0 Å². The van der Waals surface area contributed by atoms with Crippen molar-refractivity contribution in [3.05, 3.63) is 17.1 Å². The fourth-order valence-electron chi connectivity index (χ4n) is 1.52. The summed E-state index contributed by atoms with van der Waals surface area (Å²) in [7, 11) is 3.91. The summed E-state index contributed by atoms with van der Waals surface area (Å²) < 4.78 is 0. The molecule has 0 aliphatic carbocycles. The van der Waals surface area contributed by atoms with Crippen molar-refractivity contribution in [1.29, 1.82) is 0 Å². The van der Waals surface area contributed by atoms with E-state index in [-0.39, 0.29) is 5.91 Å². The van der Waals surface area contributed by atoms with Gasteiger partial charge in [-0.05, 0) is 20.2 Å². The molecule has 2 heterocycles. The van der Waals surface area contributed by atoms with Crippen LogP contribution in [0.4, 0.5) is 5.69 Å². The number of hydrogen-bond acceptors (Lipinski definition) is 6. The number of nitrogens with one attached hydrogen (secondary N) is 1. The number of carbonyl (C=O) groups excluding carboxylic acids is 1. The number of nitrogens with zero attached hydrogens (tertiary/aromatic N) is 3. The van der Waals surface area contributed by atoms with Gasteiger partial charge in [0.2, 0.25) is 0 Å². The molecule has 0 saturated heterocycles. The van der Waals surface area contributed by atoms with E-state index >= 15 is 0 Å². The van der Waals surface area contributed by atoms with Gasteiger partial charge in [0.15, 0.2) is 0 Å². The van der Waals surface area contributed by atoms with Gasteiger partial charge in [0.05, 0.1) is 11.9 Å². The molecule has 2 rings (SSSR count). The summed E-state index contributed by atoms with van der Waals surface area (Å²) in [6.07, 6.45) is 1.57. The van der Waals surface area contributed by atoms with Gasteiger partial charge in [-0.3, -0.25) is 4.79 Å². The molecule has 0 bridgehead atoms. The van der Waals surface area contributed by atoms with Gasteiger partial charge in [0, 0.05) is 18.5 Å². The first kappa shape index (κ1) is 12.7. The first-order valence-electron chi connectivity index (χ1n) is 5.52. The predicted molar refractivity (Wildman–Crippen MR) is 72.7 cm³/mol. The lowest BCUT2D eigenvalue weighted by atomic mass is 10.3. The van der Waals surface area contributed by atoms with Gasteiger partial charge in [0.1, 0.15) is 9.71 Å². The molecule has 6 nitrogen and oxygen atoms in total. The highest BCUT2D eigenvalue weighted by atomic mass is 32.1. The first-order valence-corrected chi connectivity index (χ1v) is 6.34. The number of aromatic nitrogens is 2. The Morgan fingerprint density at radius 1 is 1.56 bits per heavy atom. The smallest absolute Gasteiger partial charge is 0.263 e. The summed E-state index contributed by atoms with van der Waals surface area (Å²) in [5, 5.41) is 11.4. The average molecular weight is 265 g/mol. The number of amides is 1. The molecule has 0 atom stereocenters. The molecule has 3 N–H and O–H groups in total. The van der Waals surface area contributed by atoms with Crippen molar-refractivity contribution < 1.29 is 4.79 Å². The Balaban J connectivity index is 2.15. The van der Waals surface area contributed by atoms with Crippen LogP contribution in [0.1, 0.15) is 9.67 Å². The van der Waals surface area contributed by atoms with Crippen molar-refractivity contribution in [2.45, 2.75) is 0 Å². The van der Waals surface area contributed by atoms with Gasteiger partial charge in [-0.25, -0.2) is 0 Å². The highest BCUT2D eigenvalue weighted by molar-refractivity contribution is 7.21. The second-order valence-corrected chi connectivity index (χ2v) is 5.15. The molecule has 1 amide bonds. The number of nitrogens with two attached hydrogens (primary N) is 1. The second kappa shape index (κ2) is 5.28. The Bertz CT molecular complexity index is 566. The van der Waals surface area contributed by atoms with E-state index in [2.05, 4.69) is 15.5 Å². The Labute approximate surface area is 109 Å². The lowest BCUT2D eigenvalue weighted by Gasteiger charge is -2.09. The van der Waals surface area contributed by atoms with Gasteiger partial charge in [-0.15, -0.1) is 16.4 Å². The van der Waals surface area contributed by atoms with E-state index in [1.807, 2.05) is 19.0 Å². The van der Waals surface area contributed by atoms with Crippen molar-refractivity contribution in [2.75, 3.05) is 32.9 Å². The zero-order valence-corrected chi connectivity index (χ0v) is 11.1. The number of nitrogen functional groups attached to an aromatic ring is 1. The Morgan fingerprint density at radius 2 is 2.33 bits per heavy atom. The van der Waals surface area contributed by atoms with E-state index in [4.69, 9.17) is 5.73 Å². The molecule has 0 aliphatic heterocycles. The van der Waals surface area contributed by atoms with Crippen LogP contribution in [0.3, 0.4) is 0 Å². The zero-order valence-electron chi connectivity index (χ0n) is 10.3. The third-order valence-electron chi connectivity index (χ3n) is 2.47. The van der Waals surface area contributed by atoms with E-state index in [9.17, 15) is 4.79 Å². The molecule has 0 aromatic carbocycles. The standard InChI is InChI=1S/C11H15N5OS/c1-16(2)6-5-13-10(17)9-8(12)7-3-4-14-15-11(7)18-9/h3-4H,5-6,12H2,1-2H3,(H,13,17). The van der Waals surface area contributed by atoms with E-state index in [1.165, 1.54) is 11.3 Å². The number of thiophene rings is 1. The molecule has 0 unspecified atom stereocenters. The number of likely N-dealkylation sites (N-methyl/N-ethyl adjacent to an activating group) is 1. The van der Waals surface area contributed by atoms with E-state index in [0.29, 0.717) is 21.9 Å². The van der Waals surface area contributed by atoms with Crippen LogP contribution in [0, 0.1) is 0 Å². The second-order valence-electron chi connectivity index (χ2n) is 4.15. The van der Waals surface area contributed by atoms with Crippen LogP contribution < -0.4 is 11.1 Å². The minimum atomic E-state index is -0.155. The highest BCUT2D eigenvalue weighted by Crippen LogP contribution is 2.31. The number of fused-ring (bicyclic) bond motifs is 1. The number of rotatable bonds is 4. The van der Waals surface area contributed by atoms with Crippen LogP contribution in [0.2, 0.25) is 0 Å². The zero-order chi connectivity index (χ0) is 13.1. The maximum absolute atomic E-state index is 12.0. The first-order chi connectivity index (χ1) is 8.59. The number of carbonyl (C=O) groups is 1. The molecule has 0 saturated carbocycles. The molecule has 18 heavy (non-hydrogen) atoms. The topological polar surface area (TPSA) is 84.1 Å². The highest BCUT2D eigenvalue weighted by Gasteiger charge is 2.16. The molecule has 2 aromatic rings. The molecule has 0 fully saturated rings. The van der Waals surface area contributed by atoms with E-state index in [1.54, 1.807) is 12.3 Å². The molecule has 0 radical (unpaired) electrons. The summed E-state index contributed by atoms with van der Waals surface area (Å²) >= 11 is 1.27. The Morgan fingerprint density at radius 3 is 3.00 bits per heavy atom. The monoisotopic (exact) mass is 265 g/mol. The van der Waals surface area contributed by atoms with E-state index in [0.717, 1.165) is 11.9 Å². The molecule has 0 spiro atoms. The molecular formula is C11H15N5OS. The third-order valence-corrected chi connectivity index (χ3v) is 3.58. The fourth-order valence-corrected chi connectivity index (χ4v) is 2.47. The van der Waals surface area contributed by atoms with Gasteiger partial charge >= 0.3 is 0 Å². The summed E-state index contributed by atoms with van der Waals surface area (Å²) in [6, 6.07) is 1.77. The molecule has 96 valence electrons. The van der Waals surface area contributed by atoms with Crippen LogP contribution in [-0.4, -0.2) is 48.2 Å². The van der Waals surface area contributed by atoms with Crippen molar-refractivity contribution in [3.8, 4) is 0 Å². The maximum Gasteiger partial charge on any atom is 0.263 e. The number of anilines is 1. The molecule has 2 aromatic heterocycles. The summed E-state index contributed by atoms with van der Waals surface area (Å²) in [4.78, 5) is 15.2. The summed E-state index contributed by atoms with van der Waals surface area (Å²) in [5.41, 5.74) is 6.42. The molecule has 7 heteroatoms. The predicted octanol–water partition coefficient (Wildman–Crippen LogP) is 0.565. The minimum Gasteiger partial charge on any atom is -0.397 e. The van der Waals surface area contributed by atoms with Crippen LogP contribution in [0.15, 0.2) is 12.3 Å². The van der Waals surface area contributed by atoms with Gasteiger partial charge < -0.3 is 16.0 Å². The lowest BCUT2D eigenvalue weighted by molar-refractivity contribution is 0.0956. The average Bonchev–Trinajstić information content (AvgIpc) is 2.67. The Hall–Kier alpha value is -1.73. The SMILES string of the molecule is CN(C)CCNC(=O)c1sc2nnccc2c1N. The summed E-state index contributed by atoms with van der Waals surface area (Å²) in [5.74, 6) is -0.155. The van der Waals surface area contributed by atoms with Crippen molar-refractivity contribution in [3.63, 3.8) is 0 Å². The van der Waals surface area contributed by atoms with Crippen LogP contribution >= 0.6 is 11.3 Å². The van der Waals surface area contributed by atoms with Crippen molar-refractivity contribution in [1.82, 2.24) is 20.4 Å².